The van der Waals surface area contributed by atoms with E-state index in [1.165, 1.54) is 17.5 Å². The molecule has 0 aromatic carbocycles. The highest BCUT2D eigenvalue weighted by Gasteiger charge is 2.47. The molecule has 0 saturated heterocycles. The predicted octanol–water partition coefficient (Wildman–Crippen LogP) is 5.24. The number of hydrogen-bond donors (Lipinski definition) is 3. The van der Waals surface area contributed by atoms with E-state index in [4.69, 9.17) is 11.6 Å². The van der Waals surface area contributed by atoms with Crippen molar-refractivity contribution in [2.75, 3.05) is 5.32 Å². The fraction of sp³-hybridized carbons (Fsp3) is 0.348. The molecule has 2 atom stereocenters. The van der Waals surface area contributed by atoms with E-state index < -0.39 is 17.7 Å². The summed E-state index contributed by atoms with van der Waals surface area (Å²) in [6.45, 7) is 0. The number of fused-ring (bicyclic) bond motifs is 4. The number of halogens is 2. The van der Waals surface area contributed by atoms with Crippen molar-refractivity contribution in [3.63, 3.8) is 0 Å². The molecular weight excluding hydrogens is 479 g/mol. The summed E-state index contributed by atoms with van der Waals surface area (Å²) in [6, 6.07) is 3.23. The van der Waals surface area contributed by atoms with Crippen LogP contribution in [-0.2, 0) is 4.79 Å². The van der Waals surface area contributed by atoms with Crippen LogP contribution >= 0.6 is 22.9 Å². The Morgan fingerprint density at radius 3 is 2.74 bits per heavy atom. The predicted molar refractivity (Wildman–Crippen MR) is 127 cm³/mol. The first-order valence-electron chi connectivity index (χ1n) is 11.1. The molecule has 3 N–H and O–H groups in total. The molecule has 4 heterocycles. The van der Waals surface area contributed by atoms with Crippen molar-refractivity contribution in [2.45, 2.75) is 31.7 Å². The zero-order valence-electron chi connectivity index (χ0n) is 17.8. The van der Waals surface area contributed by atoms with E-state index >= 15 is 4.39 Å². The van der Waals surface area contributed by atoms with Crippen molar-refractivity contribution in [3.05, 3.63) is 40.9 Å². The van der Waals surface area contributed by atoms with Gasteiger partial charge < -0.3 is 15.4 Å². The third-order valence-electron chi connectivity index (χ3n) is 7.01. The normalized spacial score (nSPS) is 23.9. The minimum absolute atomic E-state index is 0.00785. The number of carboxylic acid groups (broad SMARTS) is 1. The molecule has 0 spiro atoms. The second-order valence-electron chi connectivity index (χ2n) is 8.84. The van der Waals surface area contributed by atoms with Crippen LogP contribution in [0, 0.1) is 23.6 Å². The molecule has 174 valence electrons. The Kier molecular flexibility index (Phi) is 5.22. The molecule has 3 aliphatic carbocycles. The molecule has 3 aliphatic rings. The van der Waals surface area contributed by atoms with E-state index in [2.05, 4.69) is 30.2 Å². The number of aliphatic carboxylic acids is 1. The summed E-state index contributed by atoms with van der Waals surface area (Å²) < 4.78 is 15.8. The number of anilines is 1. The van der Waals surface area contributed by atoms with Crippen molar-refractivity contribution < 1.29 is 14.3 Å². The van der Waals surface area contributed by atoms with Gasteiger partial charge in [-0.25, -0.2) is 24.3 Å². The first-order chi connectivity index (χ1) is 16.5. The average molecular weight is 499 g/mol. The molecule has 0 aliphatic heterocycles. The lowest BCUT2D eigenvalue weighted by Crippen LogP contribution is -2.51. The Bertz CT molecular complexity index is 1390. The van der Waals surface area contributed by atoms with Gasteiger partial charge in [-0.2, -0.15) is 0 Å². The maximum atomic E-state index is 15.8. The number of nitrogens with one attached hydrogen (secondary N) is 2. The van der Waals surface area contributed by atoms with Gasteiger partial charge in [-0.15, -0.1) is 11.3 Å². The van der Waals surface area contributed by atoms with Crippen LogP contribution in [0.4, 0.5) is 10.2 Å². The van der Waals surface area contributed by atoms with E-state index in [1.54, 1.807) is 12.3 Å². The lowest BCUT2D eigenvalue weighted by Gasteiger charge is -2.47. The lowest BCUT2D eigenvalue weighted by atomic mass is 9.61. The number of aromatic nitrogens is 5. The largest absolute Gasteiger partial charge is 0.481 e. The van der Waals surface area contributed by atoms with Crippen LogP contribution in [0.25, 0.3) is 33.1 Å². The third kappa shape index (κ3) is 3.52. The molecule has 0 unspecified atom stereocenters. The van der Waals surface area contributed by atoms with Crippen molar-refractivity contribution in [1.82, 2.24) is 24.9 Å². The summed E-state index contributed by atoms with van der Waals surface area (Å²) in [5.41, 5.74) is 1.70. The zero-order valence-corrected chi connectivity index (χ0v) is 19.4. The maximum absolute atomic E-state index is 15.8. The topological polar surface area (TPSA) is 117 Å². The van der Waals surface area contributed by atoms with Gasteiger partial charge in [0.1, 0.15) is 16.4 Å². The van der Waals surface area contributed by atoms with Crippen LogP contribution in [0.5, 0.6) is 0 Å². The van der Waals surface area contributed by atoms with Crippen LogP contribution in [0.2, 0.25) is 5.15 Å². The standard InChI is InChI=1S/C23H20ClFN6O2S/c24-14-9-26-18-12(8-27-22(18)28-14)20-30-19(13-2-1-7-34-13)16(25)21(31-20)29-17-11-5-3-10(4-6-11)15(17)23(32)33/h1-2,7-11,15,17H,3-6H2,(H,27,28)(H,32,33)(H,29,30,31)/t10?,11?,15-,17-/m1/s1. The molecule has 0 radical (unpaired) electrons. The zero-order chi connectivity index (χ0) is 23.4. The van der Waals surface area contributed by atoms with Gasteiger partial charge in [0.2, 0.25) is 0 Å². The fourth-order valence-corrected chi connectivity index (χ4v) is 6.30. The van der Waals surface area contributed by atoms with E-state index in [0.29, 0.717) is 21.6 Å². The second kappa shape index (κ2) is 8.28. The van der Waals surface area contributed by atoms with Gasteiger partial charge in [-0.1, -0.05) is 17.7 Å². The Labute approximate surface area is 202 Å². The number of carbonyl (C=O) groups is 1. The highest BCUT2D eigenvalue weighted by Crippen LogP contribution is 2.46. The first kappa shape index (κ1) is 21.4. The number of thiophene rings is 1. The summed E-state index contributed by atoms with van der Waals surface area (Å²) in [5.74, 6) is -1.48. The van der Waals surface area contributed by atoms with Crippen LogP contribution in [0.15, 0.2) is 29.9 Å². The summed E-state index contributed by atoms with van der Waals surface area (Å²) in [4.78, 5) is 33.4. The van der Waals surface area contributed by atoms with Crippen molar-refractivity contribution in [3.8, 4) is 22.0 Å². The molecule has 3 saturated carbocycles. The summed E-state index contributed by atoms with van der Waals surface area (Å²) in [5, 5.41) is 15.2. The van der Waals surface area contributed by atoms with Gasteiger partial charge in [-0.05, 0) is 49.0 Å². The highest BCUT2D eigenvalue weighted by molar-refractivity contribution is 7.13. The highest BCUT2D eigenvalue weighted by atomic mass is 35.5. The third-order valence-corrected chi connectivity index (χ3v) is 8.06. The first-order valence-corrected chi connectivity index (χ1v) is 12.4. The van der Waals surface area contributed by atoms with Crippen molar-refractivity contribution in [1.29, 1.82) is 0 Å². The van der Waals surface area contributed by atoms with E-state index in [-0.39, 0.29) is 40.4 Å². The minimum Gasteiger partial charge on any atom is -0.481 e. The average Bonchev–Trinajstić information content (AvgIpc) is 3.51. The van der Waals surface area contributed by atoms with Gasteiger partial charge >= 0.3 is 5.97 Å². The Morgan fingerprint density at radius 1 is 1.21 bits per heavy atom. The van der Waals surface area contributed by atoms with Crippen molar-refractivity contribution in [2.24, 2.45) is 17.8 Å². The smallest absolute Gasteiger partial charge is 0.308 e. The lowest BCUT2D eigenvalue weighted by molar-refractivity contribution is -0.148. The molecule has 4 aromatic rings. The monoisotopic (exact) mass is 498 g/mol. The molecule has 34 heavy (non-hydrogen) atoms. The molecule has 0 amide bonds. The molecule has 11 heteroatoms. The van der Waals surface area contributed by atoms with Crippen LogP contribution < -0.4 is 5.32 Å². The van der Waals surface area contributed by atoms with Gasteiger partial charge in [-0.3, -0.25) is 4.79 Å². The van der Waals surface area contributed by atoms with Gasteiger partial charge in [0.15, 0.2) is 23.1 Å². The second-order valence-corrected chi connectivity index (χ2v) is 10.2. The number of H-pyrrole nitrogens is 1. The van der Waals surface area contributed by atoms with Crippen molar-refractivity contribution >= 4 is 45.9 Å². The summed E-state index contributed by atoms with van der Waals surface area (Å²) in [7, 11) is 0. The minimum atomic E-state index is -0.844. The Hall–Kier alpha value is -3.11. The number of aromatic amines is 1. The molecule has 7 rings (SSSR count). The van der Waals surface area contributed by atoms with Gasteiger partial charge in [0, 0.05) is 12.2 Å². The number of nitrogens with zero attached hydrogens (tertiary/aromatic N) is 4. The Morgan fingerprint density at radius 2 is 2.00 bits per heavy atom. The summed E-state index contributed by atoms with van der Waals surface area (Å²) >= 11 is 7.33. The molecule has 8 nitrogen and oxygen atoms in total. The van der Waals surface area contributed by atoms with Crippen LogP contribution in [-0.4, -0.2) is 42.0 Å². The van der Waals surface area contributed by atoms with Gasteiger partial charge in [0.05, 0.1) is 22.6 Å². The number of rotatable bonds is 5. The quantitative estimate of drug-likeness (QED) is 0.344. The van der Waals surface area contributed by atoms with Crippen LogP contribution in [0.3, 0.4) is 0 Å². The van der Waals surface area contributed by atoms with Gasteiger partial charge in [0.25, 0.3) is 0 Å². The summed E-state index contributed by atoms with van der Waals surface area (Å²) in [6.07, 6.45) is 6.76. The number of carboxylic acids is 1. The maximum Gasteiger partial charge on any atom is 0.308 e. The Balaban J connectivity index is 1.48. The molecule has 3 fully saturated rings. The molecule has 4 aromatic heterocycles. The SMILES string of the molecule is O=C(O)[C@@H]1C2CCC(CC2)[C@H]1Nc1nc(-c2c[nH]c3nc(Cl)cnc23)nc(-c2cccs2)c1F. The molecule has 2 bridgehead atoms. The van der Waals surface area contributed by atoms with E-state index in [1.807, 2.05) is 11.4 Å². The molecular formula is C23H20ClFN6O2S. The van der Waals surface area contributed by atoms with E-state index in [9.17, 15) is 9.90 Å². The number of hydrogen-bond acceptors (Lipinski definition) is 7. The van der Waals surface area contributed by atoms with E-state index in [0.717, 1.165) is 25.7 Å². The fourth-order valence-electron chi connectivity index (χ4n) is 5.45. The van der Waals surface area contributed by atoms with Crippen LogP contribution in [0.1, 0.15) is 25.7 Å².